The van der Waals surface area contributed by atoms with Crippen molar-refractivity contribution in [1.82, 2.24) is 10.2 Å². The lowest BCUT2D eigenvalue weighted by Gasteiger charge is -2.32. The predicted octanol–water partition coefficient (Wildman–Crippen LogP) is 0.923. The summed E-state index contributed by atoms with van der Waals surface area (Å²) in [5, 5.41) is 12.5. The van der Waals surface area contributed by atoms with Gasteiger partial charge in [-0.3, -0.25) is 9.69 Å². The van der Waals surface area contributed by atoms with Gasteiger partial charge in [-0.05, 0) is 51.6 Å². The van der Waals surface area contributed by atoms with E-state index in [1.54, 1.807) is 0 Å². The van der Waals surface area contributed by atoms with Crippen molar-refractivity contribution in [2.45, 2.75) is 44.7 Å². The molecule has 1 saturated heterocycles. The fourth-order valence-corrected chi connectivity index (χ4v) is 2.53. The molecule has 0 aromatic heterocycles. The highest BCUT2D eigenvalue weighted by Crippen LogP contribution is 2.30. The summed E-state index contributed by atoms with van der Waals surface area (Å²) in [4.78, 5) is 13.3. The zero-order valence-electron chi connectivity index (χ0n) is 9.98. The monoisotopic (exact) mass is 226 g/mol. The van der Waals surface area contributed by atoms with Gasteiger partial charge in [0.2, 0.25) is 0 Å². The van der Waals surface area contributed by atoms with Crippen LogP contribution in [-0.4, -0.2) is 47.7 Å². The summed E-state index contributed by atoms with van der Waals surface area (Å²) in [6.07, 6.45) is 4.75. The van der Waals surface area contributed by atoms with Gasteiger partial charge in [0.25, 0.3) is 0 Å². The maximum Gasteiger partial charge on any atom is 0.320 e. The van der Waals surface area contributed by atoms with Crippen molar-refractivity contribution in [1.29, 1.82) is 0 Å². The van der Waals surface area contributed by atoms with Gasteiger partial charge in [-0.2, -0.15) is 0 Å². The van der Waals surface area contributed by atoms with Crippen molar-refractivity contribution in [2.24, 2.45) is 5.92 Å². The Labute approximate surface area is 97.0 Å². The number of nitrogens with one attached hydrogen (secondary N) is 1. The van der Waals surface area contributed by atoms with Crippen LogP contribution < -0.4 is 5.32 Å². The smallest absolute Gasteiger partial charge is 0.320 e. The topological polar surface area (TPSA) is 52.6 Å². The van der Waals surface area contributed by atoms with Crippen LogP contribution in [0.2, 0.25) is 0 Å². The average molecular weight is 226 g/mol. The predicted molar refractivity (Wildman–Crippen MR) is 62.4 cm³/mol. The highest BCUT2D eigenvalue weighted by Gasteiger charge is 2.36. The van der Waals surface area contributed by atoms with Crippen molar-refractivity contribution in [3.8, 4) is 0 Å². The van der Waals surface area contributed by atoms with Crippen LogP contribution in [0.3, 0.4) is 0 Å². The molecule has 0 aromatic rings. The Morgan fingerprint density at radius 3 is 2.50 bits per heavy atom. The second-order valence-electron chi connectivity index (χ2n) is 5.14. The van der Waals surface area contributed by atoms with Crippen molar-refractivity contribution < 1.29 is 9.90 Å². The Hall–Kier alpha value is -0.610. The standard InChI is InChI=1S/C12H22N2O2/c1-9(12(15)16)14(11-2-3-11)8-10-4-6-13-7-5-10/h9-11,13H,2-8H2,1H3,(H,15,16). The Kier molecular flexibility index (Phi) is 3.82. The molecule has 1 aliphatic heterocycles. The van der Waals surface area contributed by atoms with Crippen LogP contribution in [0.25, 0.3) is 0 Å². The summed E-state index contributed by atoms with van der Waals surface area (Å²) in [6.45, 7) is 4.97. The fourth-order valence-electron chi connectivity index (χ4n) is 2.53. The third kappa shape index (κ3) is 2.95. The molecule has 16 heavy (non-hydrogen) atoms. The van der Waals surface area contributed by atoms with E-state index < -0.39 is 5.97 Å². The maximum absolute atomic E-state index is 11.1. The van der Waals surface area contributed by atoms with Gasteiger partial charge < -0.3 is 10.4 Å². The van der Waals surface area contributed by atoms with Crippen molar-refractivity contribution in [3.63, 3.8) is 0 Å². The molecule has 1 heterocycles. The first-order valence-corrected chi connectivity index (χ1v) is 6.37. The summed E-state index contributed by atoms with van der Waals surface area (Å²) in [6, 6.07) is 0.225. The Morgan fingerprint density at radius 1 is 1.38 bits per heavy atom. The highest BCUT2D eigenvalue weighted by molar-refractivity contribution is 5.73. The minimum absolute atomic E-state index is 0.317. The van der Waals surface area contributed by atoms with E-state index in [0.29, 0.717) is 12.0 Å². The van der Waals surface area contributed by atoms with E-state index in [9.17, 15) is 4.79 Å². The van der Waals surface area contributed by atoms with Crippen LogP contribution in [0.4, 0.5) is 0 Å². The summed E-state index contributed by atoms with van der Waals surface area (Å²) < 4.78 is 0. The van der Waals surface area contributed by atoms with Crippen molar-refractivity contribution in [3.05, 3.63) is 0 Å². The Morgan fingerprint density at radius 2 is 2.00 bits per heavy atom. The molecule has 1 unspecified atom stereocenters. The summed E-state index contributed by atoms with van der Waals surface area (Å²) in [5.41, 5.74) is 0. The molecular weight excluding hydrogens is 204 g/mol. The first-order valence-electron chi connectivity index (χ1n) is 6.37. The number of carboxylic acids is 1. The zero-order valence-corrected chi connectivity index (χ0v) is 9.98. The van der Waals surface area contributed by atoms with E-state index in [1.165, 1.54) is 25.7 Å². The molecule has 1 saturated carbocycles. The average Bonchev–Trinajstić information content (AvgIpc) is 3.10. The van der Waals surface area contributed by atoms with Crippen LogP contribution in [0.15, 0.2) is 0 Å². The molecule has 2 N–H and O–H groups in total. The van der Waals surface area contributed by atoms with E-state index in [-0.39, 0.29) is 6.04 Å². The lowest BCUT2D eigenvalue weighted by molar-refractivity contribution is -0.143. The first-order chi connectivity index (χ1) is 7.68. The molecule has 92 valence electrons. The van der Waals surface area contributed by atoms with Crippen molar-refractivity contribution in [2.75, 3.05) is 19.6 Å². The number of carboxylic acid groups (broad SMARTS) is 1. The summed E-state index contributed by atoms with van der Waals surface area (Å²) in [5.74, 6) is 0.00415. The van der Waals surface area contributed by atoms with Crippen LogP contribution in [0, 0.1) is 5.92 Å². The van der Waals surface area contributed by atoms with Crippen LogP contribution in [0.1, 0.15) is 32.6 Å². The van der Waals surface area contributed by atoms with Gasteiger partial charge in [-0.25, -0.2) is 0 Å². The van der Waals surface area contributed by atoms with E-state index in [1.807, 2.05) is 6.92 Å². The number of piperidine rings is 1. The molecule has 0 aromatic carbocycles. The SMILES string of the molecule is CC(C(=O)O)N(CC1CCNCC1)C1CC1. The first kappa shape index (κ1) is 11.9. The normalized spacial score (nSPS) is 24.6. The minimum Gasteiger partial charge on any atom is -0.480 e. The molecule has 1 aliphatic carbocycles. The lowest BCUT2D eigenvalue weighted by Crippen LogP contribution is -2.45. The summed E-state index contributed by atoms with van der Waals surface area (Å²) in [7, 11) is 0. The third-order valence-electron chi connectivity index (χ3n) is 3.80. The number of hydrogen-bond donors (Lipinski definition) is 2. The number of rotatable bonds is 5. The Balaban J connectivity index is 1.88. The Bertz CT molecular complexity index is 247. The minimum atomic E-state index is -0.680. The highest BCUT2D eigenvalue weighted by atomic mass is 16.4. The molecule has 1 atom stereocenters. The van der Waals surface area contributed by atoms with Gasteiger partial charge in [0.1, 0.15) is 6.04 Å². The summed E-state index contributed by atoms with van der Waals surface area (Å²) >= 11 is 0. The molecule has 0 bridgehead atoms. The molecule has 2 fully saturated rings. The van der Waals surface area contributed by atoms with Gasteiger partial charge in [0, 0.05) is 12.6 Å². The van der Waals surface area contributed by atoms with Gasteiger partial charge in [-0.1, -0.05) is 0 Å². The number of aliphatic carboxylic acids is 1. The largest absolute Gasteiger partial charge is 0.480 e. The number of hydrogen-bond acceptors (Lipinski definition) is 3. The fraction of sp³-hybridized carbons (Fsp3) is 0.917. The molecule has 4 nitrogen and oxygen atoms in total. The van der Waals surface area contributed by atoms with Gasteiger partial charge in [-0.15, -0.1) is 0 Å². The quantitative estimate of drug-likeness (QED) is 0.732. The third-order valence-corrected chi connectivity index (χ3v) is 3.80. The van der Waals surface area contributed by atoms with Crippen LogP contribution >= 0.6 is 0 Å². The van der Waals surface area contributed by atoms with E-state index in [2.05, 4.69) is 10.2 Å². The molecule has 0 spiro atoms. The molecule has 0 radical (unpaired) electrons. The number of carbonyl (C=O) groups is 1. The second-order valence-corrected chi connectivity index (χ2v) is 5.14. The number of nitrogens with zero attached hydrogens (tertiary/aromatic N) is 1. The zero-order chi connectivity index (χ0) is 11.5. The molecular formula is C12H22N2O2. The van der Waals surface area contributed by atoms with Gasteiger partial charge >= 0.3 is 5.97 Å². The lowest BCUT2D eigenvalue weighted by atomic mass is 9.97. The van der Waals surface area contributed by atoms with E-state index >= 15 is 0 Å². The van der Waals surface area contributed by atoms with E-state index in [4.69, 9.17) is 5.11 Å². The molecule has 2 aliphatic rings. The van der Waals surface area contributed by atoms with Crippen LogP contribution in [-0.2, 0) is 4.79 Å². The molecule has 2 rings (SSSR count). The second kappa shape index (κ2) is 5.15. The van der Waals surface area contributed by atoms with Crippen LogP contribution in [0.5, 0.6) is 0 Å². The van der Waals surface area contributed by atoms with E-state index in [0.717, 1.165) is 19.6 Å². The molecule has 4 heteroatoms. The molecule has 0 amide bonds. The van der Waals surface area contributed by atoms with Gasteiger partial charge in [0.05, 0.1) is 0 Å². The van der Waals surface area contributed by atoms with Crippen molar-refractivity contribution >= 4 is 5.97 Å². The maximum atomic E-state index is 11.1. The van der Waals surface area contributed by atoms with Gasteiger partial charge in [0.15, 0.2) is 0 Å².